The molecule has 1 heterocycles. The van der Waals surface area contributed by atoms with Gasteiger partial charge in [-0.05, 0) is 30.3 Å². The predicted molar refractivity (Wildman–Crippen MR) is 82.0 cm³/mol. The van der Waals surface area contributed by atoms with Crippen LogP contribution in [0.1, 0.15) is 15.9 Å². The zero-order valence-electron chi connectivity index (χ0n) is 11.3. The van der Waals surface area contributed by atoms with Gasteiger partial charge in [0.15, 0.2) is 0 Å². The Labute approximate surface area is 122 Å². The lowest BCUT2D eigenvalue weighted by molar-refractivity contribution is 0.102. The topological polar surface area (TPSA) is 77.8 Å². The number of benzene rings is 1. The Morgan fingerprint density at radius 1 is 1.29 bits per heavy atom. The molecule has 0 bridgehead atoms. The second-order valence-corrected chi connectivity index (χ2v) is 4.28. The van der Waals surface area contributed by atoms with E-state index in [1.54, 1.807) is 42.6 Å². The molecule has 5 nitrogen and oxygen atoms in total. The summed E-state index contributed by atoms with van der Waals surface area (Å²) in [4.78, 5) is 16.2. The number of hydrogen-bond acceptors (Lipinski definition) is 4. The summed E-state index contributed by atoms with van der Waals surface area (Å²) in [5.74, 6) is -0.255. The van der Waals surface area contributed by atoms with Crippen molar-refractivity contribution in [3.05, 3.63) is 66.5 Å². The minimum absolute atomic E-state index is 0.255. The first-order valence-corrected chi connectivity index (χ1v) is 6.34. The first-order chi connectivity index (χ1) is 10.2. The number of anilines is 2. The summed E-state index contributed by atoms with van der Waals surface area (Å²) in [7, 11) is 0. The van der Waals surface area contributed by atoms with E-state index in [4.69, 9.17) is 5.26 Å². The van der Waals surface area contributed by atoms with Crippen molar-refractivity contribution >= 4 is 17.3 Å². The molecule has 2 aromatic rings. The fourth-order valence-electron chi connectivity index (χ4n) is 1.68. The summed E-state index contributed by atoms with van der Waals surface area (Å²) in [5.41, 5.74) is 2.38. The number of carbonyl (C=O) groups excluding carboxylic acids is 1. The van der Waals surface area contributed by atoms with Gasteiger partial charge in [-0.1, -0.05) is 6.08 Å². The second-order valence-electron chi connectivity index (χ2n) is 4.28. The molecular weight excluding hydrogens is 264 g/mol. The van der Waals surface area contributed by atoms with Crippen molar-refractivity contribution in [3.8, 4) is 6.07 Å². The summed E-state index contributed by atoms with van der Waals surface area (Å²) in [6.45, 7) is 4.22. The molecule has 0 aliphatic carbocycles. The van der Waals surface area contributed by atoms with Gasteiger partial charge in [-0.2, -0.15) is 5.26 Å². The summed E-state index contributed by atoms with van der Waals surface area (Å²) >= 11 is 0. The van der Waals surface area contributed by atoms with E-state index in [2.05, 4.69) is 22.2 Å². The number of rotatable bonds is 5. The van der Waals surface area contributed by atoms with Crippen LogP contribution in [-0.4, -0.2) is 17.4 Å². The van der Waals surface area contributed by atoms with Gasteiger partial charge in [0.2, 0.25) is 0 Å². The molecule has 21 heavy (non-hydrogen) atoms. The molecule has 104 valence electrons. The van der Waals surface area contributed by atoms with Crippen LogP contribution in [0.15, 0.2) is 55.4 Å². The number of pyridine rings is 1. The van der Waals surface area contributed by atoms with Gasteiger partial charge in [-0.3, -0.25) is 9.78 Å². The lowest BCUT2D eigenvalue weighted by Gasteiger charge is -2.07. The van der Waals surface area contributed by atoms with Crippen molar-refractivity contribution in [2.75, 3.05) is 17.2 Å². The van der Waals surface area contributed by atoms with Crippen LogP contribution in [0.3, 0.4) is 0 Å². The van der Waals surface area contributed by atoms with Gasteiger partial charge in [-0.15, -0.1) is 6.58 Å². The van der Waals surface area contributed by atoms with E-state index < -0.39 is 0 Å². The highest BCUT2D eigenvalue weighted by atomic mass is 16.1. The monoisotopic (exact) mass is 278 g/mol. The van der Waals surface area contributed by atoms with Gasteiger partial charge in [0.05, 0.1) is 22.9 Å². The zero-order valence-corrected chi connectivity index (χ0v) is 11.3. The van der Waals surface area contributed by atoms with Crippen molar-refractivity contribution in [1.29, 1.82) is 5.26 Å². The molecule has 1 amide bonds. The molecule has 0 saturated heterocycles. The van der Waals surface area contributed by atoms with Crippen molar-refractivity contribution in [1.82, 2.24) is 4.98 Å². The summed E-state index contributed by atoms with van der Waals surface area (Å²) < 4.78 is 0. The maximum absolute atomic E-state index is 12.1. The van der Waals surface area contributed by atoms with Crippen molar-refractivity contribution in [2.24, 2.45) is 0 Å². The number of amides is 1. The number of nitrogens with one attached hydrogen (secondary N) is 2. The minimum atomic E-state index is -0.255. The average Bonchev–Trinajstić information content (AvgIpc) is 2.54. The number of nitriles is 1. The molecule has 1 aromatic carbocycles. The van der Waals surface area contributed by atoms with E-state index in [0.29, 0.717) is 23.4 Å². The summed E-state index contributed by atoms with van der Waals surface area (Å²) in [6, 6.07) is 10.4. The SMILES string of the molecule is C=CCNc1cncc(C(=O)Nc2ccc(C#N)cc2)c1. The normalized spacial score (nSPS) is 9.48. The molecule has 0 atom stereocenters. The molecular formula is C16H14N4O. The molecule has 0 aliphatic heterocycles. The first kappa shape index (κ1) is 14.3. The van der Waals surface area contributed by atoms with Crippen LogP contribution in [0.4, 0.5) is 11.4 Å². The van der Waals surface area contributed by atoms with Crippen LogP contribution >= 0.6 is 0 Å². The Morgan fingerprint density at radius 2 is 2.05 bits per heavy atom. The highest BCUT2D eigenvalue weighted by Gasteiger charge is 2.07. The zero-order chi connectivity index (χ0) is 15.1. The van der Waals surface area contributed by atoms with Crippen LogP contribution in [-0.2, 0) is 0 Å². The van der Waals surface area contributed by atoms with Gasteiger partial charge in [0.25, 0.3) is 5.91 Å². The Balaban J connectivity index is 2.08. The molecule has 1 aromatic heterocycles. The minimum Gasteiger partial charge on any atom is -0.380 e. The second kappa shape index (κ2) is 6.87. The van der Waals surface area contributed by atoms with Crippen LogP contribution < -0.4 is 10.6 Å². The Hall–Kier alpha value is -3.13. The number of nitrogens with zero attached hydrogens (tertiary/aromatic N) is 2. The molecule has 0 unspecified atom stereocenters. The van der Waals surface area contributed by atoms with E-state index in [1.807, 2.05) is 6.07 Å². The van der Waals surface area contributed by atoms with E-state index in [1.165, 1.54) is 6.20 Å². The van der Waals surface area contributed by atoms with Crippen LogP contribution in [0.5, 0.6) is 0 Å². The molecule has 0 radical (unpaired) electrons. The molecule has 5 heteroatoms. The first-order valence-electron chi connectivity index (χ1n) is 6.34. The van der Waals surface area contributed by atoms with Gasteiger partial charge in [-0.25, -0.2) is 0 Å². The van der Waals surface area contributed by atoms with Crippen molar-refractivity contribution < 1.29 is 4.79 Å². The fraction of sp³-hybridized carbons (Fsp3) is 0.0625. The van der Waals surface area contributed by atoms with E-state index in [-0.39, 0.29) is 5.91 Å². The third-order valence-corrected chi connectivity index (χ3v) is 2.72. The lowest BCUT2D eigenvalue weighted by Crippen LogP contribution is -2.12. The molecule has 2 N–H and O–H groups in total. The standard InChI is InChI=1S/C16H14N4O/c1-2-7-19-15-8-13(10-18-11-15)16(21)20-14-5-3-12(9-17)4-6-14/h2-6,8,10-11,19H,1,7H2,(H,20,21). The van der Waals surface area contributed by atoms with E-state index in [0.717, 1.165) is 5.69 Å². The number of aromatic nitrogens is 1. The number of hydrogen-bond donors (Lipinski definition) is 2. The van der Waals surface area contributed by atoms with E-state index >= 15 is 0 Å². The average molecular weight is 278 g/mol. The lowest BCUT2D eigenvalue weighted by atomic mass is 10.2. The van der Waals surface area contributed by atoms with Gasteiger partial charge < -0.3 is 10.6 Å². The van der Waals surface area contributed by atoms with Crippen molar-refractivity contribution in [2.45, 2.75) is 0 Å². The van der Waals surface area contributed by atoms with E-state index in [9.17, 15) is 4.79 Å². The Morgan fingerprint density at radius 3 is 2.71 bits per heavy atom. The molecule has 0 spiro atoms. The van der Waals surface area contributed by atoms with Crippen molar-refractivity contribution in [3.63, 3.8) is 0 Å². The summed E-state index contributed by atoms with van der Waals surface area (Å²) in [5, 5.41) is 14.6. The highest BCUT2D eigenvalue weighted by Crippen LogP contribution is 2.13. The summed E-state index contributed by atoms with van der Waals surface area (Å²) in [6.07, 6.45) is 4.86. The molecule has 2 rings (SSSR count). The number of carbonyl (C=O) groups is 1. The van der Waals surface area contributed by atoms with Gasteiger partial charge in [0, 0.05) is 24.6 Å². The quantitative estimate of drug-likeness (QED) is 0.824. The largest absolute Gasteiger partial charge is 0.380 e. The maximum Gasteiger partial charge on any atom is 0.257 e. The van der Waals surface area contributed by atoms with Gasteiger partial charge >= 0.3 is 0 Å². The Bertz CT molecular complexity index is 686. The van der Waals surface area contributed by atoms with Crippen LogP contribution in [0.2, 0.25) is 0 Å². The molecule has 0 fully saturated rings. The smallest absolute Gasteiger partial charge is 0.257 e. The third kappa shape index (κ3) is 3.91. The Kier molecular flexibility index (Phi) is 4.67. The van der Waals surface area contributed by atoms with Gasteiger partial charge in [0.1, 0.15) is 0 Å². The molecule has 0 saturated carbocycles. The fourth-order valence-corrected chi connectivity index (χ4v) is 1.68. The van der Waals surface area contributed by atoms with Crippen LogP contribution in [0.25, 0.3) is 0 Å². The van der Waals surface area contributed by atoms with Crippen LogP contribution in [0, 0.1) is 11.3 Å². The highest BCUT2D eigenvalue weighted by molar-refractivity contribution is 6.04. The molecule has 0 aliphatic rings. The predicted octanol–water partition coefficient (Wildman–Crippen LogP) is 2.80. The third-order valence-electron chi connectivity index (χ3n) is 2.72. The maximum atomic E-state index is 12.1.